The van der Waals surface area contributed by atoms with Crippen LogP contribution in [-0.2, 0) is 11.5 Å². The first-order chi connectivity index (χ1) is 8.06. The predicted octanol–water partition coefficient (Wildman–Crippen LogP) is 2.14. The van der Waals surface area contributed by atoms with Crippen LogP contribution < -0.4 is 0 Å². The third-order valence-electron chi connectivity index (χ3n) is 2.51. The first-order valence-corrected chi connectivity index (χ1v) is 9.45. The average molecular weight is 250 g/mol. The Bertz CT molecular complexity index is 491. The lowest BCUT2D eigenvalue weighted by Crippen LogP contribution is -2.22. The molecule has 0 N–H and O–H groups in total. The molecule has 2 rings (SSSR count). The summed E-state index contributed by atoms with van der Waals surface area (Å²) in [6, 6.07) is 1.18. The smallest absolute Gasteiger partial charge is 0.165 e. The van der Waals surface area contributed by atoms with E-state index in [0.717, 1.165) is 17.8 Å². The summed E-state index contributed by atoms with van der Waals surface area (Å²) in [6.07, 6.45) is 4.98. The standard InChI is InChI=1S/C11H18N4OSi/c1-17(2,3)5-4-16-9-15-8-14-10-6-12-7-13-11(10)15/h6-8H,4-5,9H2,1-3H3. The highest BCUT2D eigenvalue weighted by Gasteiger charge is 2.12. The van der Waals surface area contributed by atoms with Gasteiger partial charge in [0, 0.05) is 14.7 Å². The van der Waals surface area contributed by atoms with Crippen molar-refractivity contribution >= 4 is 19.2 Å². The van der Waals surface area contributed by atoms with Gasteiger partial charge in [-0.15, -0.1) is 0 Å². The zero-order valence-electron chi connectivity index (χ0n) is 10.6. The van der Waals surface area contributed by atoms with Crippen LogP contribution in [0.15, 0.2) is 18.9 Å². The molecule has 92 valence electrons. The Morgan fingerprint density at radius 1 is 1.29 bits per heavy atom. The molecule has 0 aliphatic carbocycles. The highest BCUT2D eigenvalue weighted by Crippen LogP contribution is 2.10. The van der Waals surface area contributed by atoms with Crippen molar-refractivity contribution in [3.63, 3.8) is 0 Å². The summed E-state index contributed by atoms with van der Waals surface area (Å²) in [6.45, 7) is 8.35. The van der Waals surface area contributed by atoms with Crippen molar-refractivity contribution in [2.45, 2.75) is 32.4 Å². The van der Waals surface area contributed by atoms with Crippen LogP contribution >= 0.6 is 0 Å². The quantitative estimate of drug-likeness (QED) is 0.602. The maximum atomic E-state index is 5.66. The van der Waals surface area contributed by atoms with E-state index >= 15 is 0 Å². The van der Waals surface area contributed by atoms with Crippen molar-refractivity contribution in [2.24, 2.45) is 0 Å². The van der Waals surface area contributed by atoms with Crippen molar-refractivity contribution in [1.82, 2.24) is 19.5 Å². The van der Waals surface area contributed by atoms with Crippen LogP contribution in [-0.4, -0.2) is 34.2 Å². The molecule has 0 aliphatic heterocycles. The van der Waals surface area contributed by atoms with Gasteiger partial charge in [0.15, 0.2) is 5.65 Å². The van der Waals surface area contributed by atoms with E-state index in [1.807, 2.05) is 4.57 Å². The van der Waals surface area contributed by atoms with Gasteiger partial charge in [0.1, 0.15) is 18.6 Å². The molecule has 2 heterocycles. The summed E-state index contributed by atoms with van der Waals surface area (Å²) in [4.78, 5) is 12.3. The topological polar surface area (TPSA) is 52.8 Å². The molecule has 6 heteroatoms. The zero-order chi connectivity index (χ0) is 12.3. The fourth-order valence-electron chi connectivity index (χ4n) is 1.45. The number of ether oxygens (including phenoxy) is 1. The van der Waals surface area contributed by atoms with Gasteiger partial charge >= 0.3 is 0 Å². The third kappa shape index (κ3) is 3.34. The largest absolute Gasteiger partial charge is 0.361 e. The Kier molecular flexibility index (Phi) is 3.53. The maximum Gasteiger partial charge on any atom is 0.165 e. The molecular weight excluding hydrogens is 232 g/mol. The molecule has 0 radical (unpaired) electrons. The summed E-state index contributed by atoms with van der Waals surface area (Å²) < 4.78 is 7.56. The van der Waals surface area contributed by atoms with E-state index in [9.17, 15) is 0 Å². The molecule has 2 aromatic rings. The lowest BCUT2D eigenvalue weighted by atomic mass is 10.6. The molecule has 0 atom stereocenters. The SMILES string of the molecule is C[Si](C)(C)CCOCn1cnc2cncnc21. The lowest BCUT2D eigenvalue weighted by molar-refractivity contribution is 0.0895. The normalized spacial score (nSPS) is 12.2. The molecule has 0 saturated heterocycles. The van der Waals surface area contributed by atoms with Crippen LogP contribution in [0.2, 0.25) is 25.7 Å². The highest BCUT2D eigenvalue weighted by molar-refractivity contribution is 6.76. The molecule has 17 heavy (non-hydrogen) atoms. The van der Waals surface area contributed by atoms with Gasteiger partial charge in [-0.1, -0.05) is 19.6 Å². The maximum absolute atomic E-state index is 5.66. The van der Waals surface area contributed by atoms with Crippen molar-refractivity contribution < 1.29 is 4.74 Å². The van der Waals surface area contributed by atoms with Crippen LogP contribution in [0, 0.1) is 0 Å². The van der Waals surface area contributed by atoms with Crippen molar-refractivity contribution in [2.75, 3.05) is 6.61 Å². The van der Waals surface area contributed by atoms with Gasteiger partial charge in [-0.3, -0.25) is 4.57 Å². The predicted molar refractivity (Wildman–Crippen MR) is 69.4 cm³/mol. The van der Waals surface area contributed by atoms with Gasteiger partial charge < -0.3 is 4.74 Å². The first-order valence-electron chi connectivity index (χ1n) is 5.75. The number of rotatable bonds is 5. The molecular formula is C11H18N4OSi. The fourth-order valence-corrected chi connectivity index (χ4v) is 2.21. The highest BCUT2D eigenvalue weighted by atomic mass is 28.3. The second kappa shape index (κ2) is 4.93. The molecule has 0 aliphatic rings. The van der Waals surface area contributed by atoms with Crippen molar-refractivity contribution in [3.8, 4) is 0 Å². The number of hydrogen-bond acceptors (Lipinski definition) is 4. The second-order valence-electron chi connectivity index (χ2n) is 5.29. The van der Waals surface area contributed by atoms with E-state index in [1.54, 1.807) is 12.5 Å². The van der Waals surface area contributed by atoms with E-state index in [4.69, 9.17) is 4.74 Å². The monoisotopic (exact) mass is 250 g/mol. The van der Waals surface area contributed by atoms with E-state index < -0.39 is 8.07 Å². The Hall–Kier alpha value is -1.27. The molecule has 2 aromatic heterocycles. The molecule has 5 nitrogen and oxygen atoms in total. The lowest BCUT2D eigenvalue weighted by Gasteiger charge is -2.15. The summed E-state index contributed by atoms with van der Waals surface area (Å²) in [5, 5.41) is 0. The number of fused-ring (bicyclic) bond motifs is 1. The van der Waals surface area contributed by atoms with E-state index in [0.29, 0.717) is 6.73 Å². The number of aromatic nitrogens is 4. The van der Waals surface area contributed by atoms with Gasteiger partial charge in [0.05, 0.1) is 12.5 Å². The molecule has 0 saturated carbocycles. The van der Waals surface area contributed by atoms with Crippen LogP contribution in [0.3, 0.4) is 0 Å². The summed E-state index contributed by atoms with van der Waals surface area (Å²) in [7, 11) is -1.01. The number of hydrogen-bond donors (Lipinski definition) is 0. The van der Waals surface area contributed by atoms with E-state index in [-0.39, 0.29) is 0 Å². The Balaban J connectivity index is 1.91. The summed E-state index contributed by atoms with van der Waals surface area (Å²) in [5.41, 5.74) is 1.63. The fraction of sp³-hybridized carbons (Fsp3) is 0.545. The van der Waals surface area contributed by atoms with Crippen molar-refractivity contribution in [3.05, 3.63) is 18.9 Å². The first kappa shape index (κ1) is 12.2. The molecule has 0 amide bonds. The molecule has 0 spiro atoms. The Morgan fingerprint density at radius 3 is 2.88 bits per heavy atom. The second-order valence-corrected chi connectivity index (χ2v) is 10.9. The Labute approximate surface area is 102 Å². The molecule has 0 fully saturated rings. The molecule has 0 aromatic carbocycles. The van der Waals surface area contributed by atoms with Gasteiger partial charge in [0.2, 0.25) is 0 Å². The van der Waals surface area contributed by atoms with Crippen LogP contribution in [0.1, 0.15) is 0 Å². The minimum Gasteiger partial charge on any atom is -0.361 e. The van der Waals surface area contributed by atoms with E-state index in [2.05, 4.69) is 34.6 Å². The average Bonchev–Trinajstić information content (AvgIpc) is 2.67. The number of nitrogens with zero attached hydrogens (tertiary/aromatic N) is 4. The van der Waals surface area contributed by atoms with Crippen LogP contribution in [0.25, 0.3) is 11.2 Å². The summed E-state index contributed by atoms with van der Waals surface area (Å²) in [5.74, 6) is 0. The minimum atomic E-state index is -1.01. The van der Waals surface area contributed by atoms with Crippen LogP contribution in [0.5, 0.6) is 0 Å². The number of imidazole rings is 1. The van der Waals surface area contributed by atoms with Crippen LogP contribution in [0.4, 0.5) is 0 Å². The van der Waals surface area contributed by atoms with Gasteiger partial charge in [-0.05, 0) is 6.04 Å². The van der Waals surface area contributed by atoms with Gasteiger partial charge in [-0.2, -0.15) is 0 Å². The minimum absolute atomic E-state index is 0.512. The summed E-state index contributed by atoms with van der Waals surface area (Å²) >= 11 is 0. The van der Waals surface area contributed by atoms with Gasteiger partial charge in [-0.25, -0.2) is 15.0 Å². The zero-order valence-corrected chi connectivity index (χ0v) is 11.6. The Morgan fingerprint density at radius 2 is 2.12 bits per heavy atom. The van der Waals surface area contributed by atoms with Crippen molar-refractivity contribution in [1.29, 1.82) is 0 Å². The van der Waals surface area contributed by atoms with E-state index in [1.165, 1.54) is 12.4 Å². The molecule has 0 unspecified atom stereocenters. The third-order valence-corrected chi connectivity index (χ3v) is 4.21. The molecule has 0 bridgehead atoms. The van der Waals surface area contributed by atoms with Gasteiger partial charge in [0.25, 0.3) is 0 Å².